The van der Waals surface area contributed by atoms with Crippen LogP contribution in [-0.2, 0) is 4.79 Å². The van der Waals surface area contributed by atoms with Crippen LogP contribution < -0.4 is 0 Å². The fourth-order valence-corrected chi connectivity index (χ4v) is 4.04. The van der Waals surface area contributed by atoms with Crippen LogP contribution in [0.5, 0.6) is 0 Å². The molecule has 0 aromatic carbocycles. The third kappa shape index (κ3) is 3.70. The molecule has 0 saturated heterocycles. The molecule has 1 saturated carbocycles. The molecule has 0 N–H and O–H groups in total. The summed E-state index contributed by atoms with van der Waals surface area (Å²) in [6.45, 7) is 6.89. The van der Waals surface area contributed by atoms with Gasteiger partial charge in [-0.2, -0.15) is 0 Å². The Kier molecular flexibility index (Phi) is 4.29. The largest absolute Gasteiger partial charge is 0.299 e. The van der Waals surface area contributed by atoms with Crippen molar-refractivity contribution in [1.29, 1.82) is 0 Å². The zero-order valence-electron chi connectivity index (χ0n) is 12.3. The summed E-state index contributed by atoms with van der Waals surface area (Å²) in [5, 5.41) is 0. The Morgan fingerprint density at radius 2 is 1.94 bits per heavy atom. The van der Waals surface area contributed by atoms with Gasteiger partial charge in [-0.25, -0.2) is 0 Å². The van der Waals surface area contributed by atoms with Gasteiger partial charge in [0.2, 0.25) is 0 Å². The predicted octanol–water partition coefficient (Wildman–Crippen LogP) is 4.91. The van der Waals surface area contributed by atoms with Crippen LogP contribution in [0.4, 0.5) is 0 Å². The number of carbonyl (C=O) groups excluding carboxylic acids is 1. The van der Waals surface area contributed by atoms with Gasteiger partial charge in [-0.05, 0) is 43.9 Å². The van der Waals surface area contributed by atoms with E-state index in [0.717, 1.165) is 19.3 Å². The molecule has 2 rings (SSSR count). The van der Waals surface area contributed by atoms with E-state index < -0.39 is 0 Å². The van der Waals surface area contributed by atoms with Crippen molar-refractivity contribution in [1.82, 2.24) is 0 Å². The van der Waals surface area contributed by atoms with E-state index in [1.807, 2.05) is 0 Å². The molecule has 0 heterocycles. The molecule has 0 aromatic heterocycles. The number of rotatable bonds is 3. The quantitative estimate of drug-likeness (QED) is 0.649. The average Bonchev–Trinajstić information content (AvgIpc) is 2.27. The van der Waals surface area contributed by atoms with Crippen molar-refractivity contribution in [3.05, 3.63) is 11.6 Å². The Balaban J connectivity index is 1.92. The molecule has 0 spiro atoms. The lowest BCUT2D eigenvalue weighted by Crippen LogP contribution is -2.26. The lowest BCUT2D eigenvalue weighted by molar-refractivity contribution is -0.124. The van der Waals surface area contributed by atoms with Crippen LogP contribution in [0.25, 0.3) is 0 Å². The molecular weight excluding hydrogens is 220 g/mol. The summed E-state index contributed by atoms with van der Waals surface area (Å²) in [5.74, 6) is 1.43. The highest BCUT2D eigenvalue weighted by atomic mass is 16.1. The monoisotopic (exact) mass is 248 g/mol. The average molecular weight is 248 g/mol. The van der Waals surface area contributed by atoms with E-state index in [2.05, 4.69) is 26.8 Å². The standard InChI is InChI=1S/C17H28O/c1-13-9-14(12-17(2,3)11-13)10-16(18)15-7-5-4-6-8-15/h9,14-15H,4-8,10-12H2,1-3H3. The first kappa shape index (κ1) is 13.8. The number of hydrogen-bond donors (Lipinski definition) is 0. The van der Waals surface area contributed by atoms with E-state index >= 15 is 0 Å². The normalized spacial score (nSPS) is 28.8. The molecule has 18 heavy (non-hydrogen) atoms. The molecule has 1 atom stereocenters. The number of Topliss-reactive ketones (excluding diaryl/α,β-unsaturated/α-hetero) is 1. The van der Waals surface area contributed by atoms with Crippen molar-refractivity contribution in [2.75, 3.05) is 0 Å². The summed E-state index contributed by atoms with van der Waals surface area (Å²) < 4.78 is 0. The highest BCUT2D eigenvalue weighted by Gasteiger charge is 2.30. The Hall–Kier alpha value is -0.590. The molecule has 0 amide bonds. The van der Waals surface area contributed by atoms with Gasteiger partial charge in [0.15, 0.2) is 0 Å². The van der Waals surface area contributed by atoms with Crippen LogP contribution in [0, 0.1) is 17.3 Å². The van der Waals surface area contributed by atoms with Crippen LogP contribution in [0.15, 0.2) is 11.6 Å². The lowest BCUT2D eigenvalue weighted by Gasteiger charge is -2.34. The van der Waals surface area contributed by atoms with Crippen molar-refractivity contribution < 1.29 is 4.79 Å². The Morgan fingerprint density at radius 1 is 1.28 bits per heavy atom. The molecule has 2 aliphatic carbocycles. The fraction of sp³-hybridized carbons (Fsp3) is 0.824. The zero-order chi connectivity index (χ0) is 13.2. The van der Waals surface area contributed by atoms with E-state index in [-0.39, 0.29) is 0 Å². The van der Waals surface area contributed by atoms with Gasteiger partial charge >= 0.3 is 0 Å². The minimum Gasteiger partial charge on any atom is -0.299 e. The predicted molar refractivity (Wildman–Crippen MR) is 76.5 cm³/mol. The third-order valence-corrected chi connectivity index (χ3v) is 4.62. The van der Waals surface area contributed by atoms with Gasteiger partial charge in [0.1, 0.15) is 5.78 Å². The first-order valence-electron chi connectivity index (χ1n) is 7.66. The topological polar surface area (TPSA) is 17.1 Å². The molecule has 102 valence electrons. The molecule has 0 bridgehead atoms. The summed E-state index contributed by atoms with van der Waals surface area (Å²) in [7, 11) is 0. The van der Waals surface area contributed by atoms with Crippen molar-refractivity contribution in [2.45, 2.75) is 72.1 Å². The second kappa shape index (κ2) is 5.59. The van der Waals surface area contributed by atoms with Gasteiger partial charge < -0.3 is 0 Å². The number of hydrogen-bond acceptors (Lipinski definition) is 1. The maximum atomic E-state index is 12.4. The molecule has 2 aliphatic rings. The Morgan fingerprint density at radius 3 is 2.56 bits per heavy atom. The van der Waals surface area contributed by atoms with Crippen LogP contribution in [0.1, 0.15) is 72.1 Å². The van der Waals surface area contributed by atoms with Crippen LogP contribution in [0.3, 0.4) is 0 Å². The van der Waals surface area contributed by atoms with Crippen molar-refractivity contribution in [2.24, 2.45) is 17.3 Å². The molecule has 1 heteroatoms. The summed E-state index contributed by atoms with van der Waals surface area (Å²) in [5.41, 5.74) is 1.86. The molecule has 0 radical (unpaired) electrons. The van der Waals surface area contributed by atoms with Crippen molar-refractivity contribution in [3.63, 3.8) is 0 Å². The number of ketones is 1. The van der Waals surface area contributed by atoms with Crippen molar-refractivity contribution in [3.8, 4) is 0 Å². The van der Waals surface area contributed by atoms with Crippen LogP contribution in [-0.4, -0.2) is 5.78 Å². The Labute approximate surface area is 112 Å². The molecule has 1 nitrogen and oxygen atoms in total. The molecular formula is C17H28O. The second-order valence-electron chi connectivity index (χ2n) is 7.32. The minimum absolute atomic E-state index is 0.385. The third-order valence-electron chi connectivity index (χ3n) is 4.62. The minimum atomic E-state index is 0.385. The number of carbonyl (C=O) groups is 1. The van der Waals surface area contributed by atoms with E-state index in [0.29, 0.717) is 23.0 Å². The van der Waals surface area contributed by atoms with Crippen molar-refractivity contribution >= 4 is 5.78 Å². The number of allylic oxidation sites excluding steroid dienone is 2. The molecule has 1 unspecified atom stereocenters. The maximum absolute atomic E-state index is 12.4. The highest BCUT2D eigenvalue weighted by molar-refractivity contribution is 5.81. The van der Waals surface area contributed by atoms with E-state index in [9.17, 15) is 4.79 Å². The van der Waals surface area contributed by atoms with Gasteiger partial charge in [0.05, 0.1) is 0 Å². The van der Waals surface area contributed by atoms with Gasteiger partial charge in [-0.1, -0.05) is 44.8 Å². The molecule has 0 aromatic rings. The van der Waals surface area contributed by atoms with Gasteiger partial charge in [-0.3, -0.25) is 4.79 Å². The van der Waals surface area contributed by atoms with Crippen LogP contribution >= 0.6 is 0 Å². The van der Waals surface area contributed by atoms with E-state index in [1.54, 1.807) is 0 Å². The summed E-state index contributed by atoms with van der Waals surface area (Å²) in [4.78, 5) is 12.4. The highest BCUT2D eigenvalue weighted by Crippen LogP contribution is 2.40. The zero-order valence-corrected chi connectivity index (χ0v) is 12.3. The summed E-state index contributed by atoms with van der Waals surface area (Å²) in [6.07, 6.45) is 11.7. The lowest BCUT2D eigenvalue weighted by atomic mass is 9.71. The van der Waals surface area contributed by atoms with Crippen LogP contribution in [0.2, 0.25) is 0 Å². The molecule has 0 aliphatic heterocycles. The Bertz CT molecular complexity index is 332. The molecule has 1 fully saturated rings. The smallest absolute Gasteiger partial charge is 0.136 e. The summed E-state index contributed by atoms with van der Waals surface area (Å²) >= 11 is 0. The van der Waals surface area contributed by atoms with E-state index in [1.165, 1.54) is 37.7 Å². The SMILES string of the molecule is CC1=CC(CC(=O)C2CCCCC2)CC(C)(C)C1. The van der Waals surface area contributed by atoms with Gasteiger partial charge in [0, 0.05) is 12.3 Å². The second-order valence-corrected chi connectivity index (χ2v) is 7.32. The van der Waals surface area contributed by atoms with Gasteiger partial charge in [-0.15, -0.1) is 0 Å². The van der Waals surface area contributed by atoms with Gasteiger partial charge in [0.25, 0.3) is 0 Å². The maximum Gasteiger partial charge on any atom is 0.136 e. The summed E-state index contributed by atoms with van der Waals surface area (Å²) in [6, 6.07) is 0. The fourth-order valence-electron chi connectivity index (χ4n) is 4.04. The first-order valence-corrected chi connectivity index (χ1v) is 7.66. The first-order chi connectivity index (χ1) is 8.46. The van der Waals surface area contributed by atoms with E-state index in [4.69, 9.17) is 0 Å².